The van der Waals surface area contributed by atoms with Crippen LogP contribution in [0.4, 0.5) is 0 Å². The third-order valence-corrected chi connectivity index (χ3v) is 5.80. The van der Waals surface area contributed by atoms with Crippen LogP contribution in [0.15, 0.2) is 60.7 Å². The molecule has 2 aromatic carbocycles. The molecule has 0 unspecified atom stereocenters. The van der Waals surface area contributed by atoms with Crippen LogP contribution in [0.5, 0.6) is 0 Å². The van der Waals surface area contributed by atoms with E-state index in [-0.39, 0.29) is 12.4 Å². The number of benzene rings is 2. The molecule has 0 amide bonds. The number of esters is 1. The van der Waals surface area contributed by atoms with Gasteiger partial charge in [-0.25, -0.2) is 4.79 Å². The minimum atomic E-state index is -0.511. The van der Waals surface area contributed by atoms with Crippen LogP contribution in [-0.2, 0) is 9.53 Å². The van der Waals surface area contributed by atoms with Crippen molar-refractivity contribution in [2.45, 2.75) is 51.4 Å². The first-order valence-corrected chi connectivity index (χ1v) is 10.7. The first kappa shape index (κ1) is 21.0. The Balaban J connectivity index is 1.46. The number of carbonyl (C=O) groups is 2. The molecule has 1 aliphatic rings. The van der Waals surface area contributed by atoms with E-state index in [4.69, 9.17) is 4.74 Å². The summed E-state index contributed by atoms with van der Waals surface area (Å²) in [6.45, 7) is 2.03. The Morgan fingerprint density at radius 1 is 0.966 bits per heavy atom. The largest absolute Gasteiger partial charge is 0.454 e. The number of ether oxygens (including phenoxy) is 1. The highest BCUT2D eigenvalue weighted by molar-refractivity contribution is 5.98. The van der Waals surface area contributed by atoms with Crippen molar-refractivity contribution in [3.8, 4) is 0 Å². The van der Waals surface area contributed by atoms with E-state index in [9.17, 15) is 9.59 Å². The lowest BCUT2D eigenvalue weighted by atomic mass is 9.77. The molecular weight excluding hydrogens is 360 g/mol. The van der Waals surface area contributed by atoms with E-state index >= 15 is 0 Å². The molecule has 1 saturated carbocycles. The average Bonchev–Trinajstić information content (AvgIpc) is 2.77. The Morgan fingerprint density at radius 2 is 1.66 bits per heavy atom. The summed E-state index contributed by atoms with van der Waals surface area (Å²) < 4.78 is 5.09. The van der Waals surface area contributed by atoms with Crippen LogP contribution in [0.3, 0.4) is 0 Å². The molecule has 2 aromatic rings. The molecule has 3 nitrogen and oxygen atoms in total. The highest BCUT2D eigenvalue weighted by Crippen LogP contribution is 2.37. The van der Waals surface area contributed by atoms with Crippen LogP contribution in [0.25, 0.3) is 6.08 Å². The van der Waals surface area contributed by atoms with Gasteiger partial charge in [0.2, 0.25) is 0 Å². The lowest BCUT2D eigenvalue weighted by Gasteiger charge is -2.28. The van der Waals surface area contributed by atoms with Gasteiger partial charge in [0.1, 0.15) is 0 Å². The minimum Gasteiger partial charge on any atom is -0.454 e. The second-order valence-electron chi connectivity index (χ2n) is 7.90. The normalized spacial score (nSPS) is 19.2. The van der Waals surface area contributed by atoms with E-state index in [1.54, 1.807) is 6.08 Å². The molecule has 1 fully saturated rings. The predicted octanol–water partition coefficient (Wildman–Crippen LogP) is 6.20. The molecule has 0 atom stereocenters. The smallest absolute Gasteiger partial charge is 0.331 e. The fraction of sp³-hybridized carbons (Fsp3) is 0.385. The maximum Gasteiger partial charge on any atom is 0.331 e. The summed E-state index contributed by atoms with van der Waals surface area (Å²) in [7, 11) is 0. The first-order valence-electron chi connectivity index (χ1n) is 10.7. The lowest BCUT2D eigenvalue weighted by molar-refractivity contribution is -0.136. The molecule has 0 heterocycles. The average molecular weight is 391 g/mol. The van der Waals surface area contributed by atoms with Crippen LogP contribution in [-0.4, -0.2) is 18.4 Å². The van der Waals surface area contributed by atoms with Crippen molar-refractivity contribution in [2.24, 2.45) is 5.92 Å². The topological polar surface area (TPSA) is 43.4 Å². The van der Waals surface area contributed by atoms with E-state index in [0.717, 1.165) is 11.5 Å². The Hall–Kier alpha value is -2.68. The van der Waals surface area contributed by atoms with Gasteiger partial charge in [0.05, 0.1) is 0 Å². The number of hydrogen-bond acceptors (Lipinski definition) is 3. The zero-order valence-corrected chi connectivity index (χ0v) is 17.2. The molecule has 0 spiro atoms. The van der Waals surface area contributed by atoms with Crippen molar-refractivity contribution >= 4 is 17.8 Å². The standard InChI is InChI=1S/C26H30O3/c1-2-6-20-9-12-22(13-10-20)23-14-16-24(17-15-23)25(27)19-29-26(28)18-11-21-7-4-3-5-8-21/h3-5,7-8,11,14-18,20,22H,2,6,9-10,12-13,19H2,1H3. The first-order chi connectivity index (χ1) is 14.2. The highest BCUT2D eigenvalue weighted by atomic mass is 16.5. The van der Waals surface area contributed by atoms with Crippen LogP contribution in [0, 0.1) is 5.92 Å². The van der Waals surface area contributed by atoms with Crippen molar-refractivity contribution in [2.75, 3.05) is 6.61 Å². The molecule has 0 radical (unpaired) electrons. The summed E-state index contributed by atoms with van der Waals surface area (Å²) in [5.41, 5.74) is 2.82. The van der Waals surface area contributed by atoms with Crippen molar-refractivity contribution in [1.82, 2.24) is 0 Å². The number of hydrogen-bond donors (Lipinski definition) is 0. The predicted molar refractivity (Wildman–Crippen MR) is 117 cm³/mol. The third kappa shape index (κ3) is 6.42. The van der Waals surface area contributed by atoms with Crippen molar-refractivity contribution in [3.63, 3.8) is 0 Å². The van der Waals surface area contributed by atoms with Gasteiger partial charge in [-0.15, -0.1) is 0 Å². The van der Waals surface area contributed by atoms with E-state index in [1.165, 1.54) is 50.2 Å². The molecule has 3 rings (SSSR count). The van der Waals surface area contributed by atoms with Gasteiger partial charge in [-0.05, 0) is 54.7 Å². The SMILES string of the molecule is CCCC1CCC(c2ccc(C(=O)COC(=O)C=Cc3ccccc3)cc2)CC1. The number of rotatable bonds is 8. The van der Waals surface area contributed by atoms with Gasteiger partial charge in [-0.1, -0.05) is 74.4 Å². The van der Waals surface area contributed by atoms with Gasteiger partial charge in [0, 0.05) is 11.6 Å². The zero-order chi connectivity index (χ0) is 20.5. The molecule has 1 aliphatic carbocycles. The van der Waals surface area contributed by atoms with Gasteiger partial charge < -0.3 is 4.74 Å². The number of Topliss-reactive ketones (excluding diaryl/α,β-unsaturated/α-hetero) is 1. The molecule has 29 heavy (non-hydrogen) atoms. The summed E-state index contributed by atoms with van der Waals surface area (Å²) in [5.74, 6) is 0.809. The molecule has 3 heteroatoms. The maximum absolute atomic E-state index is 12.3. The van der Waals surface area contributed by atoms with Crippen LogP contribution >= 0.6 is 0 Å². The summed E-state index contributed by atoms with van der Waals surface area (Å²) in [6, 6.07) is 17.4. The summed E-state index contributed by atoms with van der Waals surface area (Å²) in [5, 5.41) is 0. The van der Waals surface area contributed by atoms with Gasteiger partial charge in [-0.3, -0.25) is 4.79 Å². The van der Waals surface area contributed by atoms with Crippen LogP contribution < -0.4 is 0 Å². The second kappa shape index (κ2) is 10.8. The molecule has 0 bridgehead atoms. The number of carbonyl (C=O) groups excluding carboxylic acids is 2. The molecule has 0 aromatic heterocycles. The monoisotopic (exact) mass is 390 g/mol. The van der Waals surface area contributed by atoms with Crippen molar-refractivity contribution < 1.29 is 14.3 Å². The van der Waals surface area contributed by atoms with Crippen LogP contribution in [0.2, 0.25) is 0 Å². The quantitative estimate of drug-likeness (QED) is 0.306. The third-order valence-electron chi connectivity index (χ3n) is 5.80. The lowest BCUT2D eigenvalue weighted by Crippen LogP contribution is -2.14. The van der Waals surface area contributed by atoms with E-state index in [0.29, 0.717) is 11.5 Å². The Bertz CT molecular complexity index is 813. The van der Waals surface area contributed by atoms with Gasteiger partial charge in [-0.2, -0.15) is 0 Å². The fourth-order valence-corrected chi connectivity index (χ4v) is 4.13. The molecular formula is C26H30O3. The molecule has 0 saturated heterocycles. The molecule has 152 valence electrons. The summed E-state index contributed by atoms with van der Waals surface area (Å²) >= 11 is 0. The van der Waals surface area contributed by atoms with Gasteiger partial charge >= 0.3 is 5.97 Å². The Morgan fingerprint density at radius 3 is 2.31 bits per heavy atom. The van der Waals surface area contributed by atoms with E-state index in [1.807, 2.05) is 42.5 Å². The summed E-state index contributed by atoms with van der Waals surface area (Å²) in [4.78, 5) is 24.1. The Kier molecular flexibility index (Phi) is 7.80. The molecule has 0 N–H and O–H groups in total. The van der Waals surface area contributed by atoms with Crippen LogP contribution in [0.1, 0.15) is 72.9 Å². The molecule has 0 aliphatic heterocycles. The zero-order valence-electron chi connectivity index (χ0n) is 17.2. The van der Waals surface area contributed by atoms with Gasteiger partial charge in [0.25, 0.3) is 0 Å². The van der Waals surface area contributed by atoms with E-state index in [2.05, 4.69) is 19.1 Å². The summed E-state index contributed by atoms with van der Waals surface area (Å²) in [6.07, 6.45) is 10.7. The maximum atomic E-state index is 12.3. The van der Waals surface area contributed by atoms with Crippen molar-refractivity contribution in [3.05, 3.63) is 77.4 Å². The number of ketones is 1. The fourth-order valence-electron chi connectivity index (χ4n) is 4.13. The van der Waals surface area contributed by atoms with Gasteiger partial charge in [0.15, 0.2) is 12.4 Å². The van der Waals surface area contributed by atoms with E-state index < -0.39 is 5.97 Å². The van der Waals surface area contributed by atoms with Crippen molar-refractivity contribution in [1.29, 1.82) is 0 Å². The second-order valence-corrected chi connectivity index (χ2v) is 7.90. The Labute approximate surface area is 173 Å². The highest BCUT2D eigenvalue weighted by Gasteiger charge is 2.22. The minimum absolute atomic E-state index is 0.176.